The van der Waals surface area contributed by atoms with Crippen LogP contribution in [-0.2, 0) is 14.8 Å². The Labute approximate surface area is 229 Å². The number of hydrogen-bond acceptors (Lipinski definition) is 6. The van der Waals surface area contributed by atoms with E-state index < -0.39 is 27.7 Å². The number of halogens is 1. The lowest BCUT2D eigenvalue weighted by atomic mass is 10.0. The minimum absolute atomic E-state index is 0.000727. The van der Waals surface area contributed by atoms with E-state index in [1.807, 2.05) is 37.3 Å². The van der Waals surface area contributed by atoms with Gasteiger partial charge in [0, 0.05) is 17.5 Å². The fourth-order valence-corrected chi connectivity index (χ4v) is 5.48. The highest BCUT2D eigenvalue weighted by atomic mass is 35.5. The van der Waals surface area contributed by atoms with Crippen LogP contribution in [0.1, 0.15) is 17.2 Å². The molecule has 0 saturated carbocycles. The van der Waals surface area contributed by atoms with E-state index >= 15 is 0 Å². The largest absolute Gasteiger partial charge is 0.423 e. The average molecular weight is 560 g/mol. The second-order valence-corrected chi connectivity index (χ2v) is 10.9. The van der Waals surface area contributed by atoms with Gasteiger partial charge in [0.05, 0.1) is 9.92 Å². The zero-order valence-corrected chi connectivity index (χ0v) is 22.2. The van der Waals surface area contributed by atoms with Gasteiger partial charge in [-0.2, -0.15) is 4.72 Å². The molecule has 0 amide bonds. The first-order valence-electron chi connectivity index (χ1n) is 11.9. The fourth-order valence-electron chi connectivity index (χ4n) is 4.10. The van der Waals surface area contributed by atoms with Gasteiger partial charge in [0.2, 0.25) is 10.0 Å². The molecule has 0 aliphatic carbocycles. The van der Waals surface area contributed by atoms with Crippen molar-refractivity contribution < 1.29 is 22.4 Å². The first-order valence-corrected chi connectivity index (χ1v) is 13.8. The molecule has 1 heterocycles. The van der Waals surface area contributed by atoms with Crippen LogP contribution in [0, 0.1) is 6.92 Å². The maximum Gasteiger partial charge on any atom is 0.336 e. The molecule has 0 spiro atoms. The Balaban J connectivity index is 1.51. The third-order valence-corrected chi connectivity index (χ3v) is 7.80. The standard InChI is InChI=1S/C30H22ClNO6S/c1-19-12-14-22(15-13-19)39(35,36)32-29(21-10-6-3-7-11-21)30(34)38-27-18-26-24(16-25(27)31)23(17-28(33)37-26)20-8-4-2-5-9-20/h2-18,29,32H,1H3/t29-/m1/s1. The van der Waals surface area contributed by atoms with Crippen molar-refractivity contribution in [3.63, 3.8) is 0 Å². The number of aryl methyl sites for hydroxylation is 1. The van der Waals surface area contributed by atoms with Gasteiger partial charge in [-0.25, -0.2) is 18.0 Å². The Morgan fingerprint density at radius 3 is 2.21 bits per heavy atom. The predicted octanol–water partition coefficient (Wildman–Crippen LogP) is 6.05. The molecule has 7 nitrogen and oxygen atoms in total. The normalized spacial score (nSPS) is 12.3. The second kappa shape index (κ2) is 10.9. The van der Waals surface area contributed by atoms with E-state index in [2.05, 4.69) is 4.72 Å². The zero-order chi connectivity index (χ0) is 27.6. The Morgan fingerprint density at radius 2 is 1.54 bits per heavy atom. The fraction of sp³-hybridized carbons (Fsp3) is 0.0667. The van der Waals surface area contributed by atoms with Crippen LogP contribution >= 0.6 is 11.6 Å². The number of carbonyl (C=O) groups is 1. The number of carbonyl (C=O) groups excluding carboxylic acids is 1. The van der Waals surface area contributed by atoms with Crippen molar-refractivity contribution in [3.05, 3.63) is 130 Å². The minimum atomic E-state index is -4.09. The monoisotopic (exact) mass is 559 g/mol. The van der Waals surface area contributed by atoms with Crippen molar-refractivity contribution in [2.45, 2.75) is 17.9 Å². The summed E-state index contributed by atoms with van der Waals surface area (Å²) in [4.78, 5) is 25.7. The van der Waals surface area contributed by atoms with Crippen LogP contribution in [0.5, 0.6) is 5.75 Å². The SMILES string of the molecule is Cc1ccc(S(=O)(=O)N[C@@H](C(=O)Oc2cc3oc(=O)cc(-c4ccccc4)c3cc2Cl)c2ccccc2)cc1. The minimum Gasteiger partial charge on any atom is -0.423 e. The van der Waals surface area contributed by atoms with Gasteiger partial charge in [-0.1, -0.05) is 90.0 Å². The van der Waals surface area contributed by atoms with E-state index in [9.17, 15) is 18.0 Å². The molecule has 5 aromatic rings. The van der Waals surface area contributed by atoms with E-state index in [0.29, 0.717) is 16.5 Å². The van der Waals surface area contributed by atoms with E-state index in [-0.39, 0.29) is 21.3 Å². The van der Waals surface area contributed by atoms with E-state index in [1.54, 1.807) is 48.5 Å². The molecule has 0 bridgehead atoms. The third kappa shape index (κ3) is 5.78. The van der Waals surface area contributed by atoms with Crippen LogP contribution in [0.4, 0.5) is 0 Å². The summed E-state index contributed by atoms with van der Waals surface area (Å²) in [6.45, 7) is 1.84. The van der Waals surface area contributed by atoms with Crippen molar-refractivity contribution >= 4 is 38.6 Å². The number of sulfonamides is 1. The van der Waals surface area contributed by atoms with Gasteiger partial charge in [0.25, 0.3) is 0 Å². The molecule has 0 radical (unpaired) electrons. The van der Waals surface area contributed by atoms with E-state index in [0.717, 1.165) is 11.1 Å². The molecule has 4 aromatic carbocycles. The first-order chi connectivity index (χ1) is 18.7. The van der Waals surface area contributed by atoms with Crippen LogP contribution in [0.25, 0.3) is 22.1 Å². The summed E-state index contributed by atoms with van der Waals surface area (Å²) in [5, 5.41) is 0.625. The molecular weight excluding hydrogens is 538 g/mol. The van der Waals surface area contributed by atoms with Gasteiger partial charge in [-0.05, 0) is 41.8 Å². The number of ether oxygens (including phenoxy) is 1. The molecule has 0 aliphatic heterocycles. The molecule has 39 heavy (non-hydrogen) atoms. The highest BCUT2D eigenvalue weighted by Crippen LogP contribution is 2.35. The van der Waals surface area contributed by atoms with Crippen molar-refractivity contribution in [1.29, 1.82) is 0 Å². The summed E-state index contributed by atoms with van der Waals surface area (Å²) in [5.41, 5.74) is 2.22. The van der Waals surface area contributed by atoms with Crippen LogP contribution in [0.15, 0.2) is 117 Å². The molecule has 0 unspecified atom stereocenters. The van der Waals surface area contributed by atoms with Crippen LogP contribution in [0.2, 0.25) is 5.02 Å². The second-order valence-electron chi connectivity index (χ2n) is 8.82. The summed E-state index contributed by atoms with van der Waals surface area (Å²) in [6, 6.07) is 26.7. The number of rotatable bonds is 7. The molecule has 1 N–H and O–H groups in total. The van der Waals surface area contributed by atoms with E-state index in [1.165, 1.54) is 24.3 Å². The van der Waals surface area contributed by atoms with Gasteiger partial charge >= 0.3 is 11.6 Å². The molecule has 0 aliphatic rings. The zero-order valence-electron chi connectivity index (χ0n) is 20.6. The van der Waals surface area contributed by atoms with Crippen molar-refractivity contribution in [3.8, 4) is 16.9 Å². The molecule has 0 saturated heterocycles. The maximum absolute atomic E-state index is 13.4. The number of benzene rings is 4. The lowest BCUT2D eigenvalue weighted by molar-refractivity contribution is -0.136. The lowest BCUT2D eigenvalue weighted by Crippen LogP contribution is -2.36. The summed E-state index contributed by atoms with van der Waals surface area (Å²) >= 11 is 6.51. The van der Waals surface area contributed by atoms with Crippen LogP contribution in [-0.4, -0.2) is 14.4 Å². The third-order valence-electron chi connectivity index (χ3n) is 6.07. The van der Waals surface area contributed by atoms with E-state index in [4.69, 9.17) is 20.8 Å². The number of nitrogens with one attached hydrogen (secondary N) is 1. The molecule has 1 atom stereocenters. The lowest BCUT2D eigenvalue weighted by Gasteiger charge is -2.19. The van der Waals surface area contributed by atoms with Gasteiger partial charge in [0.15, 0.2) is 5.75 Å². The topological polar surface area (TPSA) is 103 Å². The van der Waals surface area contributed by atoms with Crippen molar-refractivity contribution in [1.82, 2.24) is 4.72 Å². The summed E-state index contributed by atoms with van der Waals surface area (Å²) < 4.78 is 39.7. The predicted molar refractivity (Wildman–Crippen MR) is 149 cm³/mol. The summed E-state index contributed by atoms with van der Waals surface area (Å²) in [6.07, 6.45) is 0. The molecule has 196 valence electrons. The maximum atomic E-state index is 13.4. The quantitative estimate of drug-likeness (QED) is 0.148. The van der Waals surface area contributed by atoms with Gasteiger partial charge in [-0.3, -0.25) is 0 Å². The molecule has 5 rings (SSSR count). The van der Waals surface area contributed by atoms with Crippen molar-refractivity contribution in [2.24, 2.45) is 0 Å². The summed E-state index contributed by atoms with van der Waals surface area (Å²) in [7, 11) is -4.09. The van der Waals surface area contributed by atoms with Gasteiger partial charge in [0.1, 0.15) is 11.6 Å². The van der Waals surface area contributed by atoms with Gasteiger partial charge < -0.3 is 9.15 Å². The Hall–Kier alpha value is -4.24. The molecule has 0 fully saturated rings. The summed E-state index contributed by atoms with van der Waals surface area (Å²) in [5.74, 6) is -1.00. The average Bonchev–Trinajstić information content (AvgIpc) is 2.93. The highest BCUT2D eigenvalue weighted by molar-refractivity contribution is 7.89. The smallest absolute Gasteiger partial charge is 0.336 e. The number of esters is 1. The number of fused-ring (bicyclic) bond motifs is 1. The number of hydrogen-bond donors (Lipinski definition) is 1. The van der Waals surface area contributed by atoms with Crippen LogP contribution < -0.4 is 15.1 Å². The Kier molecular flexibility index (Phi) is 7.34. The highest BCUT2D eigenvalue weighted by Gasteiger charge is 2.29. The molecular formula is C30H22ClNO6S. The van der Waals surface area contributed by atoms with Crippen molar-refractivity contribution in [2.75, 3.05) is 0 Å². The molecule has 9 heteroatoms. The Bertz CT molecular complexity index is 1820. The van der Waals surface area contributed by atoms with Gasteiger partial charge in [-0.15, -0.1) is 0 Å². The Morgan fingerprint density at radius 1 is 0.897 bits per heavy atom. The van der Waals surface area contributed by atoms with Crippen LogP contribution in [0.3, 0.4) is 0 Å². The molecule has 1 aromatic heterocycles. The first kappa shape index (κ1) is 26.4.